The summed E-state index contributed by atoms with van der Waals surface area (Å²) < 4.78 is 1.37. The summed E-state index contributed by atoms with van der Waals surface area (Å²) in [6, 6.07) is 6.02. The van der Waals surface area contributed by atoms with Gasteiger partial charge in [0.2, 0.25) is 0 Å². The number of nitrogens with one attached hydrogen (secondary N) is 1. The lowest BCUT2D eigenvalue weighted by atomic mass is 10.2. The molecular weight excluding hydrogens is 236 g/mol. The first kappa shape index (κ1) is 11.9. The molecule has 0 saturated heterocycles. The van der Waals surface area contributed by atoms with E-state index < -0.39 is 4.92 Å². The van der Waals surface area contributed by atoms with Crippen LogP contribution in [0.3, 0.4) is 0 Å². The molecule has 7 heteroatoms. The lowest BCUT2D eigenvalue weighted by Gasteiger charge is -2.01. The van der Waals surface area contributed by atoms with E-state index in [0.29, 0.717) is 17.9 Å². The van der Waals surface area contributed by atoms with Crippen LogP contribution in [0.15, 0.2) is 29.1 Å². The number of aromatic nitrogens is 2. The number of nitro benzene ring substituents is 1. The van der Waals surface area contributed by atoms with Crippen molar-refractivity contribution in [3.63, 3.8) is 0 Å². The van der Waals surface area contributed by atoms with Gasteiger partial charge in [-0.05, 0) is 12.5 Å². The van der Waals surface area contributed by atoms with Gasteiger partial charge in [-0.2, -0.15) is 0 Å². The molecule has 0 amide bonds. The van der Waals surface area contributed by atoms with E-state index in [4.69, 9.17) is 5.73 Å². The van der Waals surface area contributed by atoms with Crippen molar-refractivity contribution in [3.8, 4) is 0 Å². The minimum absolute atomic E-state index is 0.0216. The van der Waals surface area contributed by atoms with E-state index in [2.05, 4.69) is 5.10 Å². The number of benzene rings is 1. The summed E-state index contributed by atoms with van der Waals surface area (Å²) in [6.45, 7) is 1.94. The van der Waals surface area contributed by atoms with Crippen molar-refractivity contribution in [1.29, 1.82) is 0 Å². The van der Waals surface area contributed by atoms with Gasteiger partial charge in [-0.1, -0.05) is 12.1 Å². The van der Waals surface area contributed by atoms with E-state index in [9.17, 15) is 14.9 Å². The van der Waals surface area contributed by atoms with Crippen molar-refractivity contribution in [3.05, 3.63) is 55.9 Å². The summed E-state index contributed by atoms with van der Waals surface area (Å²) >= 11 is 0. The fourth-order valence-electron chi connectivity index (χ4n) is 1.61. The summed E-state index contributed by atoms with van der Waals surface area (Å²) in [7, 11) is 0. The number of H-pyrrole nitrogens is 1. The zero-order chi connectivity index (χ0) is 13.3. The Kier molecular flexibility index (Phi) is 2.88. The first-order valence-electron chi connectivity index (χ1n) is 5.27. The minimum atomic E-state index is -0.466. The zero-order valence-electron chi connectivity index (χ0n) is 9.71. The van der Waals surface area contributed by atoms with E-state index in [0.717, 1.165) is 5.56 Å². The summed E-state index contributed by atoms with van der Waals surface area (Å²) in [5.41, 5.74) is 6.68. The lowest BCUT2D eigenvalue weighted by Crippen LogP contribution is -2.18. The number of rotatable bonds is 3. The molecule has 0 unspecified atom stereocenters. The SMILES string of the molecule is Cc1c(N)[nH]n(Cc2ccc([N+](=O)[O-])cc2)c1=O. The van der Waals surface area contributed by atoms with E-state index in [1.54, 1.807) is 19.1 Å². The van der Waals surface area contributed by atoms with Crippen molar-refractivity contribution in [1.82, 2.24) is 9.78 Å². The molecule has 0 spiro atoms. The van der Waals surface area contributed by atoms with Crippen LogP contribution >= 0.6 is 0 Å². The maximum Gasteiger partial charge on any atom is 0.271 e. The summed E-state index contributed by atoms with van der Waals surface area (Å²) in [4.78, 5) is 21.7. The number of anilines is 1. The molecule has 0 saturated carbocycles. The van der Waals surface area contributed by atoms with Gasteiger partial charge in [-0.25, -0.2) is 4.68 Å². The Morgan fingerprint density at radius 3 is 2.44 bits per heavy atom. The van der Waals surface area contributed by atoms with Crippen molar-refractivity contribution in [2.75, 3.05) is 5.73 Å². The smallest absolute Gasteiger partial charge is 0.271 e. The molecule has 0 fully saturated rings. The Morgan fingerprint density at radius 2 is 2.00 bits per heavy atom. The molecular formula is C11H12N4O3. The second kappa shape index (κ2) is 4.36. The predicted molar refractivity (Wildman–Crippen MR) is 66.4 cm³/mol. The quantitative estimate of drug-likeness (QED) is 0.624. The summed E-state index contributed by atoms with van der Waals surface area (Å²) in [5, 5.41) is 13.2. The first-order chi connectivity index (χ1) is 8.49. The van der Waals surface area contributed by atoms with Crippen LogP contribution in [0.1, 0.15) is 11.1 Å². The largest absolute Gasteiger partial charge is 0.384 e. The third-order valence-corrected chi connectivity index (χ3v) is 2.71. The monoisotopic (exact) mass is 248 g/mol. The highest BCUT2D eigenvalue weighted by molar-refractivity contribution is 5.37. The van der Waals surface area contributed by atoms with Crippen LogP contribution in [0.2, 0.25) is 0 Å². The van der Waals surface area contributed by atoms with Crippen LogP contribution in [0.4, 0.5) is 11.5 Å². The molecule has 0 aliphatic heterocycles. The molecule has 94 valence electrons. The second-order valence-corrected chi connectivity index (χ2v) is 3.97. The number of aromatic amines is 1. The molecule has 1 aromatic carbocycles. The van der Waals surface area contributed by atoms with Crippen LogP contribution < -0.4 is 11.3 Å². The number of non-ortho nitro benzene ring substituents is 1. The second-order valence-electron chi connectivity index (χ2n) is 3.97. The van der Waals surface area contributed by atoms with Gasteiger partial charge in [0.1, 0.15) is 5.82 Å². The Morgan fingerprint density at radius 1 is 1.39 bits per heavy atom. The summed E-state index contributed by atoms with van der Waals surface area (Å²) in [6.07, 6.45) is 0. The number of nitro groups is 1. The van der Waals surface area contributed by atoms with Gasteiger partial charge >= 0.3 is 0 Å². The van der Waals surface area contributed by atoms with Gasteiger partial charge in [0.05, 0.1) is 17.0 Å². The molecule has 1 heterocycles. The van der Waals surface area contributed by atoms with Crippen LogP contribution in [-0.2, 0) is 6.54 Å². The minimum Gasteiger partial charge on any atom is -0.384 e. The molecule has 0 aliphatic rings. The Balaban J connectivity index is 2.26. The third-order valence-electron chi connectivity index (χ3n) is 2.71. The number of nitrogens with two attached hydrogens (primary N) is 1. The lowest BCUT2D eigenvalue weighted by molar-refractivity contribution is -0.384. The van der Waals surface area contributed by atoms with Crippen molar-refractivity contribution < 1.29 is 4.92 Å². The van der Waals surface area contributed by atoms with E-state index in [1.807, 2.05) is 0 Å². The van der Waals surface area contributed by atoms with Crippen LogP contribution in [-0.4, -0.2) is 14.7 Å². The van der Waals surface area contributed by atoms with Gasteiger partial charge < -0.3 is 5.73 Å². The molecule has 2 rings (SSSR count). The molecule has 0 bridgehead atoms. The number of hydrogen-bond donors (Lipinski definition) is 2. The topological polar surface area (TPSA) is 107 Å². The molecule has 18 heavy (non-hydrogen) atoms. The maximum absolute atomic E-state index is 11.7. The molecule has 2 aromatic rings. The van der Waals surface area contributed by atoms with E-state index in [-0.39, 0.29) is 11.2 Å². The predicted octanol–water partition coefficient (Wildman–Crippen LogP) is 1.02. The van der Waals surface area contributed by atoms with Crippen LogP contribution in [0, 0.1) is 17.0 Å². The average molecular weight is 248 g/mol. The van der Waals surface area contributed by atoms with Gasteiger partial charge in [0, 0.05) is 12.1 Å². The summed E-state index contributed by atoms with van der Waals surface area (Å²) in [5.74, 6) is 0.335. The maximum atomic E-state index is 11.7. The molecule has 0 atom stereocenters. The molecule has 0 radical (unpaired) electrons. The Labute approximate surface area is 102 Å². The van der Waals surface area contributed by atoms with E-state index in [1.165, 1.54) is 16.8 Å². The standard InChI is InChI=1S/C11H12N4O3/c1-7-10(12)13-14(11(7)16)6-8-2-4-9(5-3-8)15(17)18/h2-5,13H,6,12H2,1H3. The van der Waals surface area contributed by atoms with Crippen molar-refractivity contribution in [2.45, 2.75) is 13.5 Å². The highest BCUT2D eigenvalue weighted by Crippen LogP contribution is 2.12. The fraction of sp³-hybridized carbons (Fsp3) is 0.182. The Bertz CT molecular complexity index is 639. The Hall–Kier alpha value is -2.57. The van der Waals surface area contributed by atoms with Gasteiger partial charge in [-0.15, -0.1) is 0 Å². The highest BCUT2D eigenvalue weighted by atomic mass is 16.6. The fourth-order valence-corrected chi connectivity index (χ4v) is 1.61. The van der Waals surface area contributed by atoms with Gasteiger partial charge in [-0.3, -0.25) is 20.0 Å². The van der Waals surface area contributed by atoms with Crippen molar-refractivity contribution in [2.24, 2.45) is 0 Å². The number of hydrogen-bond acceptors (Lipinski definition) is 4. The number of nitrogens with zero attached hydrogens (tertiary/aromatic N) is 2. The third kappa shape index (κ3) is 2.10. The normalized spacial score (nSPS) is 10.5. The van der Waals surface area contributed by atoms with E-state index >= 15 is 0 Å². The molecule has 3 N–H and O–H groups in total. The molecule has 1 aromatic heterocycles. The van der Waals surface area contributed by atoms with Gasteiger partial charge in [0.25, 0.3) is 11.2 Å². The van der Waals surface area contributed by atoms with Crippen LogP contribution in [0.25, 0.3) is 0 Å². The zero-order valence-corrected chi connectivity index (χ0v) is 9.71. The number of nitrogen functional groups attached to an aromatic ring is 1. The average Bonchev–Trinajstić information content (AvgIpc) is 2.58. The molecule has 0 aliphatic carbocycles. The van der Waals surface area contributed by atoms with Gasteiger partial charge in [0.15, 0.2) is 0 Å². The molecule has 7 nitrogen and oxygen atoms in total. The first-order valence-corrected chi connectivity index (χ1v) is 5.27. The highest BCUT2D eigenvalue weighted by Gasteiger charge is 2.08. The van der Waals surface area contributed by atoms with Crippen LogP contribution in [0.5, 0.6) is 0 Å². The van der Waals surface area contributed by atoms with Crippen molar-refractivity contribution >= 4 is 11.5 Å².